The summed E-state index contributed by atoms with van der Waals surface area (Å²) in [7, 11) is -3.83. The highest BCUT2D eigenvalue weighted by Gasteiger charge is 2.21. The van der Waals surface area contributed by atoms with E-state index in [0.717, 1.165) is 11.3 Å². The number of nitrogens with one attached hydrogen (secondary N) is 1. The van der Waals surface area contributed by atoms with Crippen molar-refractivity contribution in [1.29, 1.82) is 0 Å². The van der Waals surface area contributed by atoms with Crippen LogP contribution in [0.1, 0.15) is 10.4 Å². The number of thiophene rings is 1. The number of anilines is 1. The molecule has 0 bridgehead atoms. The lowest BCUT2D eigenvalue weighted by atomic mass is 10.2. The summed E-state index contributed by atoms with van der Waals surface area (Å²) < 4.78 is 27.8. The molecular formula is C11H7Br2NO4S2. The van der Waals surface area contributed by atoms with Crippen molar-refractivity contribution >= 4 is 64.9 Å². The van der Waals surface area contributed by atoms with E-state index in [0.29, 0.717) is 8.26 Å². The molecule has 0 saturated heterocycles. The molecule has 0 atom stereocenters. The number of carboxylic acid groups (broad SMARTS) is 1. The number of carboxylic acids is 1. The van der Waals surface area contributed by atoms with Crippen molar-refractivity contribution in [2.45, 2.75) is 4.21 Å². The molecule has 0 radical (unpaired) electrons. The highest BCUT2D eigenvalue weighted by atomic mass is 79.9. The van der Waals surface area contributed by atoms with Crippen LogP contribution in [0.5, 0.6) is 0 Å². The lowest BCUT2D eigenvalue weighted by Crippen LogP contribution is -2.15. The van der Waals surface area contributed by atoms with E-state index in [2.05, 4.69) is 36.6 Å². The van der Waals surface area contributed by atoms with Gasteiger partial charge >= 0.3 is 5.97 Å². The predicted molar refractivity (Wildman–Crippen MR) is 83.9 cm³/mol. The summed E-state index contributed by atoms with van der Waals surface area (Å²) in [5, 5.41) is 9.10. The normalized spacial score (nSPS) is 11.3. The summed E-state index contributed by atoms with van der Waals surface area (Å²) >= 11 is 7.37. The zero-order chi connectivity index (χ0) is 14.9. The Morgan fingerprint density at radius 3 is 2.45 bits per heavy atom. The Hall–Kier alpha value is -0.900. The highest BCUT2D eigenvalue weighted by molar-refractivity contribution is 9.11. The van der Waals surface area contributed by atoms with Crippen LogP contribution >= 0.6 is 43.2 Å². The predicted octanol–water partition coefficient (Wildman–Crippen LogP) is 3.77. The Morgan fingerprint density at radius 2 is 1.90 bits per heavy atom. The van der Waals surface area contributed by atoms with Crippen LogP contribution in [0.15, 0.2) is 42.8 Å². The van der Waals surface area contributed by atoms with E-state index >= 15 is 0 Å². The van der Waals surface area contributed by atoms with Crippen LogP contribution in [0.3, 0.4) is 0 Å². The summed E-state index contributed by atoms with van der Waals surface area (Å²) in [6.07, 6.45) is 0. The maximum atomic E-state index is 12.2. The largest absolute Gasteiger partial charge is 0.478 e. The van der Waals surface area contributed by atoms with Crippen LogP contribution < -0.4 is 4.72 Å². The standard InChI is InChI=1S/C11H7Br2NO4S2/c12-7-3-1-2-6(11(15)16)10(7)14-20(17,18)9-5-4-8(13)19-9/h1-5,14H,(H,15,16). The Kier molecular flexibility index (Phi) is 4.52. The second-order valence-corrected chi connectivity index (χ2v) is 8.86. The molecule has 0 spiro atoms. The van der Waals surface area contributed by atoms with E-state index in [-0.39, 0.29) is 15.5 Å². The summed E-state index contributed by atoms with van der Waals surface area (Å²) in [5.74, 6) is -1.21. The topological polar surface area (TPSA) is 83.5 Å². The highest BCUT2D eigenvalue weighted by Crippen LogP contribution is 2.32. The summed E-state index contributed by atoms with van der Waals surface area (Å²) in [6, 6.07) is 7.46. The monoisotopic (exact) mass is 439 g/mol. The zero-order valence-corrected chi connectivity index (χ0v) is 14.4. The van der Waals surface area contributed by atoms with E-state index < -0.39 is 16.0 Å². The fourth-order valence-corrected chi connectivity index (χ4v) is 5.14. The van der Waals surface area contributed by atoms with Crippen molar-refractivity contribution in [2.75, 3.05) is 4.72 Å². The van der Waals surface area contributed by atoms with E-state index in [1.165, 1.54) is 18.2 Å². The number of aromatic carboxylic acids is 1. The third kappa shape index (κ3) is 3.22. The Bertz CT molecular complexity index is 770. The molecule has 0 aliphatic rings. The van der Waals surface area contributed by atoms with Gasteiger partial charge in [0.1, 0.15) is 4.21 Å². The molecule has 2 N–H and O–H groups in total. The number of rotatable bonds is 4. The lowest BCUT2D eigenvalue weighted by molar-refractivity contribution is 0.0698. The molecule has 0 amide bonds. The van der Waals surface area contributed by atoms with Gasteiger partial charge in [0.25, 0.3) is 10.0 Å². The number of hydrogen-bond donors (Lipinski definition) is 2. The molecule has 0 fully saturated rings. The smallest absolute Gasteiger partial charge is 0.337 e. The van der Waals surface area contributed by atoms with Crippen LogP contribution in [0.25, 0.3) is 0 Å². The molecule has 1 aromatic heterocycles. The summed E-state index contributed by atoms with van der Waals surface area (Å²) in [4.78, 5) is 11.1. The van der Waals surface area contributed by atoms with Crippen molar-refractivity contribution in [3.63, 3.8) is 0 Å². The van der Waals surface area contributed by atoms with Crippen molar-refractivity contribution in [1.82, 2.24) is 0 Å². The van der Waals surface area contributed by atoms with E-state index in [4.69, 9.17) is 5.11 Å². The first-order valence-corrected chi connectivity index (χ1v) is 9.00. The van der Waals surface area contributed by atoms with E-state index in [9.17, 15) is 13.2 Å². The Balaban J connectivity index is 2.47. The first-order chi connectivity index (χ1) is 9.31. The first-order valence-electron chi connectivity index (χ1n) is 5.11. The molecule has 0 aliphatic carbocycles. The van der Waals surface area contributed by atoms with Crippen LogP contribution in [0.2, 0.25) is 0 Å². The molecule has 1 heterocycles. The third-order valence-electron chi connectivity index (χ3n) is 2.29. The summed E-state index contributed by atoms with van der Waals surface area (Å²) in [5.41, 5.74) is -0.122. The molecule has 0 unspecified atom stereocenters. The molecule has 5 nitrogen and oxygen atoms in total. The van der Waals surface area contributed by atoms with Crippen molar-refractivity contribution in [2.24, 2.45) is 0 Å². The van der Waals surface area contributed by atoms with Gasteiger partial charge in [-0.25, -0.2) is 13.2 Å². The Labute approximate surface area is 135 Å². The van der Waals surface area contributed by atoms with Gasteiger partial charge in [-0.3, -0.25) is 4.72 Å². The minimum atomic E-state index is -3.83. The molecule has 9 heteroatoms. The van der Waals surface area contributed by atoms with Crippen molar-refractivity contribution in [3.8, 4) is 0 Å². The third-order valence-corrected chi connectivity index (χ3v) is 6.42. The first kappa shape index (κ1) is 15.5. The molecule has 1 aromatic carbocycles. The van der Waals surface area contributed by atoms with Gasteiger partial charge in [-0.2, -0.15) is 0 Å². The second-order valence-electron chi connectivity index (χ2n) is 3.63. The SMILES string of the molecule is O=C(O)c1cccc(Br)c1NS(=O)(=O)c1ccc(Br)s1. The maximum absolute atomic E-state index is 12.2. The van der Waals surface area contributed by atoms with Crippen LogP contribution in [0, 0.1) is 0 Å². The van der Waals surface area contributed by atoms with Crippen LogP contribution in [-0.4, -0.2) is 19.5 Å². The average Bonchev–Trinajstić information content (AvgIpc) is 2.79. The van der Waals surface area contributed by atoms with Crippen molar-refractivity contribution in [3.05, 3.63) is 44.2 Å². The van der Waals surface area contributed by atoms with Gasteiger partial charge in [0.15, 0.2) is 0 Å². The zero-order valence-electron chi connectivity index (χ0n) is 9.63. The maximum Gasteiger partial charge on any atom is 0.337 e. The second kappa shape index (κ2) is 5.84. The molecule has 20 heavy (non-hydrogen) atoms. The van der Waals surface area contributed by atoms with Gasteiger partial charge in [0.05, 0.1) is 15.0 Å². The lowest BCUT2D eigenvalue weighted by Gasteiger charge is -2.11. The summed E-state index contributed by atoms with van der Waals surface area (Å²) in [6.45, 7) is 0. The minimum absolute atomic E-state index is 0.00419. The van der Waals surface area contributed by atoms with Crippen LogP contribution in [0.4, 0.5) is 5.69 Å². The number of carbonyl (C=O) groups is 1. The molecule has 2 aromatic rings. The van der Waals surface area contributed by atoms with Gasteiger partial charge < -0.3 is 5.11 Å². The molecular weight excluding hydrogens is 434 g/mol. The van der Waals surface area contributed by atoms with Gasteiger partial charge in [-0.05, 0) is 56.1 Å². The molecule has 2 rings (SSSR count). The number of halogens is 2. The quantitative estimate of drug-likeness (QED) is 0.757. The Morgan fingerprint density at radius 1 is 1.20 bits per heavy atom. The minimum Gasteiger partial charge on any atom is -0.478 e. The fraction of sp³-hybridized carbons (Fsp3) is 0. The molecule has 106 valence electrons. The van der Waals surface area contributed by atoms with E-state index in [1.807, 2.05) is 0 Å². The fourth-order valence-electron chi connectivity index (χ4n) is 1.43. The molecule has 0 saturated carbocycles. The van der Waals surface area contributed by atoms with Crippen molar-refractivity contribution < 1.29 is 18.3 Å². The number of para-hydroxylation sites is 1. The number of benzene rings is 1. The van der Waals surface area contributed by atoms with Gasteiger partial charge in [0, 0.05) is 4.47 Å². The average molecular weight is 441 g/mol. The van der Waals surface area contributed by atoms with Gasteiger partial charge in [-0.15, -0.1) is 11.3 Å². The van der Waals surface area contributed by atoms with Gasteiger partial charge in [-0.1, -0.05) is 6.07 Å². The van der Waals surface area contributed by atoms with E-state index in [1.54, 1.807) is 12.1 Å². The van der Waals surface area contributed by atoms with Gasteiger partial charge in [0.2, 0.25) is 0 Å². The number of sulfonamides is 1. The molecule has 0 aliphatic heterocycles. The number of hydrogen-bond acceptors (Lipinski definition) is 4. The van der Waals surface area contributed by atoms with Crippen LogP contribution in [-0.2, 0) is 10.0 Å².